The molecule has 0 aromatic heterocycles. The number of carbonyl (C=O) groups excluding carboxylic acids is 3. The van der Waals surface area contributed by atoms with Gasteiger partial charge in [-0.05, 0) is 31.2 Å². The van der Waals surface area contributed by atoms with Crippen molar-refractivity contribution < 1.29 is 19.5 Å². The van der Waals surface area contributed by atoms with Gasteiger partial charge in [-0.2, -0.15) is 0 Å². The monoisotopic (exact) mass is 408 g/mol. The molecule has 0 spiro atoms. The van der Waals surface area contributed by atoms with Gasteiger partial charge in [0.15, 0.2) is 0 Å². The summed E-state index contributed by atoms with van der Waals surface area (Å²) >= 11 is 0. The van der Waals surface area contributed by atoms with Crippen LogP contribution in [0.5, 0.6) is 0 Å². The Balaban J connectivity index is 0.000000179. The van der Waals surface area contributed by atoms with Crippen LogP contribution in [0.2, 0.25) is 0 Å². The van der Waals surface area contributed by atoms with Crippen molar-refractivity contribution in [2.24, 2.45) is 5.92 Å². The van der Waals surface area contributed by atoms with E-state index < -0.39 is 6.10 Å². The van der Waals surface area contributed by atoms with Gasteiger partial charge in [-0.3, -0.25) is 14.4 Å². The van der Waals surface area contributed by atoms with Crippen molar-refractivity contribution >= 4 is 17.9 Å². The number of rotatable bonds is 3. The molecule has 30 heavy (non-hydrogen) atoms. The molecule has 4 rings (SSSR count). The molecule has 0 radical (unpaired) electrons. The first kappa shape index (κ1) is 23.7. The first-order valence-corrected chi connectivity index (χ1v) is 10.9. The predicted octanol–water partition coefficient (Wildman–Crippen LogP) is 5.50. The standard InChI is InChI=1S/C13H16O2.C7H6O.C6H10O/c14-12-9-5-4-8-11(12)13(15)10-6-2-1-3-7-10;8-6-7-4-2-1-3-5-7;7-6-4-2-1-3-5-6/h1-3,6-7,11,13,15H,4-5,8-9H2;1-6H;1-5H2/t11-,13+;;/m1../s1. The molecule has 1 N–H and O–H groups in total. The van der Waals surface area contributed by atoms with Crippen LogP contribution in [-0.4, -0.2) is 23.0 Å². The predicted molar refractivity (Wildman–Crippen MR) is 118 cm³/mol. The van der Waals surface area contributed by atoms with Crippen molar-refractivity contribution in [3.63, 3.8) is 0 Å². The molecule has 0 aliphatic heterocycles. The average Bonchev–Trinajstić information content (AvgIpc) is 2.81. The van der Waals surface area contributed by atoms with Gasteiger partial charge in [-0.1, -0.05) is 73.5 Å². The molecule has 2 aliphatic rings. The van der Waals surface area contributed by atoms with Crippen LogP contribution in [0.1, 0.15) is 79.8 Å². The van der Waals surface area contributed by atoms with Crippen LogP contribution in [-0.2, 0) is 9.59 Å². The Morgan fingerprint density at radius 1 is 0.767 bits per heavy atom. The van der Waals surface area contributed by atoms with E-state index in [0.717, 1.165) is 62.4 Å². The smallest absolute Gasteiger partial charge is 0.150 e. The number of hydrogen-bond acceptors (Lipinski definition) is 4. The SMILES string of the molecule is O=C1CCCCC1.O=C1CCCC[C@H]1[C@@H](O)c1ccccc1.O=Cc1ccccc1. The van der Waals surface area contributed by atoms with E-state index in [1.807, 2.05) is 48.5 Å². The third kappa shape index (κ3) is 8.42. The number of aldehydes is 1. The number of Topliss-reactive ketones (excluding diaryl/α,β-unsaturated/α-hetero) is 2. The molecule has 0 heterocycles. The van der Waals surface area contributed by atoms with Gasteiger partial charge in [0, 0.05) is 30.7 Å². The van der Waals surface area contributed by atoms with Crippen molar-refractivity contribution in [2.75, 3.05) is 0 Å². The molecule has 0 amide bonds. The van der Waals surface area contributed by atoms with Crippen LogP contribution >= 0.6 is 0 Å². The molecule has 2 aromatic rings. The minimum absolute atomic E-state index is 0.179. The molecule has 0 bridgehead atoms. The second-order valence-corrected chi connectivity index (χ2v) is 7.80. The van der Waals surface area contributed by atoms with E-state index >= 15 is 0 Å². The minimum Gasteiger partial charge on any atom is -0.388 e. The minimum atomic E-state index is -0.612. The Hall–Kier alpha value is -2.59. The van der Waals surface area contributed by atoms with Gasteiger partial charge in [0.2, 0.25) is 0 Å². The summed E-state index contributed by atoms with van der Waals surface area (Å²) in [5.74, 6) is 0.505. The van der Waals surface area contributed by atoms with Crippen LogP contribution < -0.4 is 0 Å². The van der Waals surface area contributed by atoms with Crippen molar-refractivity contribution in [3.8, 4) is 0 Å². The molecular formula is C26H32O4. The van der Waals surface area contributed by atoms with Gasteiger partial charge >= 0.3 is 0 Å². The van der Waals surface area contributed by atoms with Crippen LogP contribution in [0.25, 0.3) is 0 Å². The fraction of sp³-hybridized carbons (Fsp3) is 0.423. The summed E-state index contributed by atoms with van der Waals surface area (Å²) in [5, 5.41) is 10.1. The van der Waals surface area contributed by atoms with Crippen LogP contribution in [0, 0.1) is 5.92 Å². The molecule has 4 nitrogen and oxygen atoms in total. The quantitative estimate of drug-likeness (QED) is 0.681. The molecule has 2 atom stereocenters. The maximum Gasteiger partial charge on any atom is 0.150 e. The Labute approximate surface area is 179 Å². The zero-order valence-corrected chi connectivity index (χ0v) is 17.5. The maximum absolute atomic E-state index is 11.6. The number of aliphatic hydroxyl groups excluding tert-OH is 1. The van der Waals surface area contributed by atoms with Crippen LogP contribution in [0.15, 0.2) is 60.7 Å². The number of benzene rings is 2. The second kappa shape index (κ2) is 13.6. The normalized spacial score (nSPS) is 19.4. The van der Waals surface area contributed by atoms with Crippen molar-refractivity contribution in [1.82, 2.24) is 0 Å². The zero-order chi connectivity index (χ0) is 21.6. The third-order valence-corrected chi connectivity index (χ3v) is 5.47. The largest absolute Gasteiger partial charge is 0.388 e. The highest BCUT2D eigenvalue weighted by Crippen LogP contribution is 2.31. The summed E-state index contributed by atoms with van der Waals surface area (Å²) < 4.78 is 0. The molecule has 2 fully saturated rings. The second-order valence-electron chi connectivity index (χ2n) is 7.80. The van der Waals surface area contributed by atoms with E-state index in [2.05, 4.69) is 0 Å². The lowest BCUT2D eigenvalue weighted by atomic mass is 9.82. The lowest BCUT2D eigenvalue weighted by molar-refractivity contribution is -0.128. The summed E-state index contributed by atoms with van der Waals surface area (Å²) in [6.45, 7) is 0. The van der Waals surface area contributed by atoms with E-state index in [9.17, 15) is 19.5 Å². The molecule has 2 aliphatic carbocycles. The first-order valence-electron chi connectivity index (χ1n) is 10.9. The number of aliphatic hydroxyl groups is 1. The van der Waals surface area contributed by atoms with Crippen molar-refractivity contribution in [1.29, 1.82) is 0 Å². The van der Waals surface area contributed by atoms with Crippen LogP contribution in [0.3, 0.4) is 0 Å². The maximum atomic E-state index is 11.6. The lowest BCUT2D eigenvalue weighted by Gasteiger charge is -2.25. The third-order valence-electron chi connectivity index (χ3n) is 5.47. The van der Waals surface area contributed by atoms with E-state index in [-0.39, 0.29) is 11.7 Å². The Morgan fingerprint density at radius 2 is 1.33 bits per heavy atom. The van der Waals surface area contributed by atoms with Gasteiger partial charge in [-0.15, -0.1) is 0 Å². The molecule has 2 aromatic carbocycles. The Bertz CT molecular complexity index is 762. The molecular weight excluding hydrogens is 376 g/mol. The van der Waals surface area contributed by atoms with Gasteiger partial charge in [0.1, 0.15) is 17.9 Å². The van der Waals surface area contributed by atoms with E-state index in [1.165, 1.54) is 6.42 Å². The highest BCUT2D eigenvalue weighted by molar-refractivity contribution is 5.82. The fourth-order valence-corrected chi connectivity index (χ4v) is 3.70. The lowest BCUT2D eigenvalue weighted by Crippen LogP contribution is -2.25. The van der Waals surface area contributed by atoms with Gasteiger partial charge in [0.25, 0.3) is 0 Å². The Kier molecular flexibility index (Phi) is 10.7. The first-order chi connectivity index (χ1) is 14.6. The molecule has 2 saturated carbocycles. The Morgan fingerprint density at radius 3 is 1.80 bits per heavy atom. The average molecular weight is 409 g/mol. The number of hydrogen-bond donors (Lipinski definition) is 1. The van der Waals surface area contributed by atoms with Crippen molar-refractivity contribution in [3.05, 3.63) is 71.8 Å². The topological polar surface area (TPSA) is 71.4 Å². The van der Waals surface area contributed by atoms with Gasteiger partial charge < -0.3 is 5.11 Å². The number of ketones is 2. The van der Waals surface area contributed by atoms with E-state index in [4.69, 9.17) is 0 Å². The van der Waals surface area contributed by atoms with E-state index in [1.54, 1.807) is 12.1 Å². The van der Waals surface area contributed by atoms with Gasteiger partial charge in [0.05, 0.1) is 6.10 Å². The van der Waals surface area contributed by atoms with Crippen LogP contribution in [0.4, 0.5) is 0 Å². The van der Waals surface area contributed by atoms with Gasteiger partial charge in [-0.25, -0.2) is 0 Å². The summed E-state index contributed by atoms with van der Waals surface area (Å²) in [4.78, 5) is 32.1. The molecule has 0 unspecified atom stereocenters. The highest BCUT2D eigenvalue weighted by atomic mass is 16.3. The summed E-state index contributed by atoms with van der Waals surface area (Å²) in [6.07, 6.45) is 8.96. The van der Waals surface area contributed by atoms with Crippen molar-refractivity contribution in [2.45, 2.75) is 63.9 Å². The summed E-state index contributed by atoms with van der Waals surface area (Å²) in [6, 6.07) is 18.6. The summed E-state index contributed by atoms with van der Waals surface area (Å²) in [5.41, 5.74) is 1.59. The fourth-order valence-electron chi connectivity index (χ4n) is 3.70. The highest BCUT2D eigenvalue weighted by Gasteiger charge is 2.29. The molecule has 160 valence electrons. The van der Waals surface area contributed by atoms with E-state index in [0.29, 0.717) is 12.2 Å². The number of carbonyl (C=O) groups is 3. The zero-order valence-electron chi connectivity index (χ0n) is 17.5. The summed E-state index contributed by atoms with van der Waals surface area (Å²) in [7, 11) is 0. The molecule has 0 saturated heterocycles. The molecule has 4 heteroatoms.